The van der Waals surface area contributed by atoms with Crippen LogP contribution in [0.2, 0.25) is 0 Å². The van der Waals surface area contributed by atoms with E-state index in [0.717, 1.165) is 11.1 Å². The van der Waals surface area contributed by atoms with E-state index in [1.54, 1.807) is 0 Å². The predicted molar refractivity (Wildman–Crippen MR) is 122 cm³/mol. The van der Waals surface area contributed by atoms with E-state index in [-0.39, 0.29) is 35.9 Å². The Labute approximate surface area is 210 Å². The van der Waals surface area contributed by atoms with E-state index in [1.807, 2.05) is 31.2 Å². The molecule has 0 spiro atoms. The Kier molecular flexibility index (Phi) is 7.24. The number of ether oxygens (including phenoxy) is 1. The number of alkyl halides is 6. The first-order chi connectivity index (χ1) is 17.2. The van der Waals surface area contributed by atoms with Crippen LogP contribution >= 0.6 is 0 Å². The van der Waals surface area contributed by atoms with Crippen LogP contribution in [0.5, 0.6) is 0 Å². The Hall–Kier alpha value is -2.79. The first-order valence-corrected chi connectivity index (χ1v) is 11.9. The average Bonchev–Trinajstić information content (AvgIpc) is 3.15. The number of urea groups is 1. The number of aliphatic hydroxyl groups excluding tert-OH is 1. The van der Waals surface area contributed by atoms with Gasteiger partial charge in [-0.25, -0.2) is 4.79 Å². The minimum atomic E-state index is -4.96. The molecule has 1 heterocycles. The SMILES string of the molecule is Cc1ccccc1[C@H]1[C@@H]2CN(C(N)=O)C(O)[C@H]2CC[C@@H]1O[C@H](C)c1cc(C(F)(F)F)cc(C(F)(F)F)c1. The monoisotopic (exact) mass is 530 g/mol. The zero-order valence-electron chi connectivity index (χ0n) is 20.2. The zero-order valence-corrected chi connectivity index (χ0v) is 20.2. The van der Waals surface area contributed by atoms with Crippen molar-refractivity contribution in [1.29, 1.82) is 0 Å². The van der Waals surface area contributed by atoms with E-state index in [1.165, 1.54) is 11.8 Å². The highest BCUT2D eigenvalue weighted by Gasteiger charge is 2.51. The molecule has 5 nitrogen and oxygen atoms in total. The molecule has 0 aromatic heterocycles. The molecule has 37 heavy (non-hydrogen) atoms. The Morgan fingerprint density at radius 1 is 1.03 bits per heavy atom. The van der Waals surface area contributed by atoms with Gasteiger partial charge in [0.2, 0.25) is 0 Å². The maximum atomic E-state index is 13.4. The molecule has 3 N–H and O–H groups in total. The molecule has 1 unspecified atom stereocenters. The summed E-state index contributed by atoms with van der Waals surface area (Å²) in [5.41, 5.74) is 4.22. The highest BCUT2D eigenvalue weighted by molar-refractivity contribution is 5.72. The highest BCUT2D eigenvalue weighted by atomic mass is 19.4. The smallest absolute Gasteiger partial charge is 0.373 e. The summed E-state index contributed by atoms with van der Waals surface area (Å²) in [6.07, 6.45) is -11.8. The number of nitrogens with zero attached hydrogens (tertiary/aromatic N) is 1. The van der Waals surface area contributed by atoms with Gasteiger partial charge in [0.1, 0.15) is 6.23 Å². The maximum Gasteiger partial charge on any atom is 0.416 e. The molecular weight excluding hydrogens is 502 g/mol. The number of likely N-dealkylation sites (tertiary alicyclic amines) is 1. The number of hydrogen-bond donors (Lipinski definition) is 2. The predicted octanol–water partition coefficient (Wildman–Crippen LogP) is 6.00. The summed E-state index contributed by atoms with van der Waals surface area (Å²) in [4.78, 5) is 13.1. The summed E-state index contributed by atoms with van der Waals surface area (Å²) >= 11 is 0. The van der Waals surface area contributed by atoms with Crippen molar-refractivity contribution in [2.75, 3.05) is 6.54 Å². The molecule has 0 bridgehead atoms. The first kappa shape index (κ1) is 27.3. The minimum Gasteiger partial charge on any atom is -0.373 e. The normalized spacial score (nSPS) is 27.2. The number of fused-ring (bicyclic) bond motifs is 1. The molecule has 0 radical (unpaired) electrons. The van der Waals surface area contributed by atoms with Gasteiger partial charge in [0, 0.05) is 18.4 Å². The zero-order chi connectivity index (χ0) is 27.3. The van der Waals surface area contributed by atoms with Crippen LogP contribution < -0.4 is 5.73 Å². The lowest BCUT2D eigenvalue weighted by Gasteiger charge is -2.41. The number of hydrogen-bond acceptors (Lipinski definition) is 3. The number of carbonyl (C=O) groups is 1. The molecule has 1 saturated carbocycles. The lowest BCUT2D eigenvalue weighted by atomic mass is 9.68. The largest absolute Gasteiger partial charge is 0.416 e. The fourth-order valence-electron chi connectivity index (χ4n) is 5.80. The summed E-state index contributed by atoms with van der Waals surface area (Å²) in [6, 6.07) is 8.14. The van der Waals surface area contributed by atoms with Gasteiger partial charge >= 0.3 is 18.4 Å². The van der Waals surface area contributed by atoms with E-state index in [2.05, 4.69) is 0 Å². The number of amides is 2. The Bertz CT molecular complexity index is 1120. The van der Waals surface area contributed by atoms with Gasteiger partial charge in [0.25, 0.3) is 0 Å². The number of halogens is 6. The molecule has 2 fully saturated rings. The van der Waals surface area contributed by atoms with Gasteiger partial charge in [-0.05, 0) is 67.5 Å². The van der Waals surface area contributed by atoms with E-state index in [4.69, 9.17) is 10.5 Å². The fourth-order valence-corrected chi connectivity index (χ4v) is 5.80. The van der Waals surface area contributed by atoms with Crippen molar-refractivity contribution in [2.24, 2.45) is 17.6 Å². The molecule has 202 valence electrons. The second kappa shape index (κ2) is 9.83. The van der Waals surface area contributed by atoms with Crippen LogP contribution in [0.25, 0.3) is 0 Å². The standard InChI is InChI=1S/C26H28F6N2O3/c1-13-5-3-4-6-18(13)22-20-12-34(24(33)36)23(35)19(20)7-8-21(22)37-14(2)15-9-16(25(27,28)29)11-17(10-15)26(30,31)32/h3-6,9-11,14,19-23,35H,7-8,12H2,1-2H3,(H2,33,36)/t14-,19+,20-,21+,22+,23?/m1/s1. The molecular formula is C26H28F6N2O3. The van der Waals surface area contributed by atoms with Crippen LogP contribution in [0.4, 0.5) is 31.1 Å². The summed E-state index contributed by atoms with van der Waals surface area (Å²) in [5, 5.41) is 10.7. The van der Waals surface area contributed by atoms with Crippen LogP contribution in [-0.4, -0.2) is 34.9 Å². The number of aryl methyl sites for hydroxylation is 1. The highest BCUT2D eigenvalue weighted by Crippen LogP contribution is 2.50. The lowest BCUT2D eigenvalue weighted by molar-refractivity contribution is -0.143. The topological polar surface area (TPSA) is 75.8 Å². The van der Waals surface area contributed by atoms with Crippen molar-refractivity contribution in [2.45, 2.75) is 63.4 Å². The average molecular weight is 531 g/mol. The minimum absolute atomic E-state index is 0.0931. The summed E-state index contributed by atoms with van der Waals surface area (Å²) in [5.74, 6) is -0.922. The molecule has 2 amide bonds. The summed E-state index contributed by atoms with van der Waals surface area (Å²) < 4.78 is 86.6. The van der Waals surface area contributed by atoms with Gasteiger partial charge in [-0.15, -0.1) is 0 Å². The van der Waals surface area contributed by atoms with Crippen molar-refractivity contribution >= 4 is 6.03 Å². The molecule has 1 aliphatic carbocycles. The van der Waals surface area contributed by atoms with Crippen molar-refractivity contribution in [1.82, 2.24) is 4.90 Å². The lowest BCUT2D eigenvalue weighted by Crippen LogP contribution is -2.41. The molecule has 1 saturated heterocycles. The Morgan fingerprint density at radius 3 is 2.16 bits per heavy atom. The summed E-state index contributed by atoms with van der Waals surface area (Å²) in [7, 11) is 0. The van der Waals surface area contributed by atoms with Crippen LogP contribution in [0.3, 0.4) is 0 Å². The maximum absolute atomic E-state index is 13.4. The molecule has 4 rings (SSSR count). The van der Waals surface area contributed by atoms with Gasteiger partial charge < -0.3 is 15.6 Å². The van der Waals surface area contributed by atoms with Crippen LogP contribution in [0, 0.1) is 18.8 Å². The van der Waals surface area contributed by atoms with Crippen molar-refractivity contribution in [3.05, 3.63) is 70.3 Å². The molecule has 2 aromatic carbocycles. The number of primary amides is 1. The van der Waals surface area contributed by atoms with E-state index in [0.29, 0.717) is 25.0 Å². The Balaban J connectivity index is 1.70. The van der Waals surface area contributed by atoms with Gasteiger partial charge in [0.05, 0.1) is 23.3 Å². The van der Waals surface area contributed by atoms with Crippen LogP contribution in [0.15, 0.2) is 42.5 Å². The molecule has 2 aliphatic rings. The fraction of sp³-hybridized carbons (Fsp3) is 0.500. The number of nitrogens with two attached hydrogens (primary N) is 1. The second-order valence-corrected chi connectivity index (χ2v) is 9.85. The van der Waals surface area contributed by atoms with E-state index in [9.17, 15) is 36.2 Å². The number of carbonyl (C=O) groups excluding carboxylic acids is 1. The van der Waals surface area contributed by atoms with Crippen LogP contribution in [-0.2, 0) is 17.1 Å². The van der Waals surface area contributed by atoms with E-state index >= 15 is 0 Å². The Morgan fingerprint density at radius 2 is 1.62 bits per heavy atom. The quantitative estimate of drug-likeness (QED) is 0.476. The number of rotatable bonds is 4. The van der Waals surface area contributed by atoms with Crippen molar-refractivity contribution < 1.29 is 41.0 Å². The molecule has 1 aliphatic heterocycles. The third-order valence-corrected chi connectivity index (χ3v) is 7.60. The van der Waals surface area contributed by atoms with Gasteiger partial charge in [-0.1, -0.05) is 24.3 Å². The number of benzene rings is 2. The third-order valence-electron chi connectivity index (χ3n) is 7.60. The first-order valence-electron chi connectivity index (χ1n) is 11.9. The van der Waals surface area contributed by atoms with Gasteiger partial charge in [-0.3, -0.25) is 4.90 Å². The molecule has 6 atom stereocenters. The van der Waals surface area contributed by atoms with E-state index < -0.39 is 47.9 Å². The van der Waals surface area contributed by atoms with Crippen molar-refractivity contribution in [3.63, 3.8) is 0 Å². The van der Waals surface area contributed by atoms with Gasteiger partial charge in [0.15, 0.2) is 0 Å². The van der Waals surface area contributed by atoms with Crippen LogP contribution in [0.1, 0.15) is 59.6 Å². The van der Waals surface area contributed by atoms with Crippen molar-refractivity contribution in [3.8, 4) is 0 Å². The molecule has 2 aromatic rings. The summed E-state index contributed by atoms with van der Waals surface area (Å²) in [6.45, 7) is 3.48. The molecule has 11 heteroatoms. The second-order valence-electron chi connectivity index (χ2n) is 9.85. The van der Waals surface area contributed by atoms with Gasteiger partial charge in [-0.2, -0.15) is 26.3 Å². The number of aliphatic hydroxyl groups is 1. The third kappa shape index (κ3) is 5.43.